The van der Waals surface area contributed by atoms with Crippen molar-refractivity contribution < 1.29 is 0 Å². The van der Waals surface area contributed by atoms with Crippen LogP contribution in [0.5, 0.6) is 0 Å². The number of nitrogens with zero attached hydrogens (tertiary/aromatic N) is 5. The Hall–Kier alpha value is -2.84. The summed E-state index contributed by atoms with van der Waals surface area (Å²) in [6, 6.07) is 10.8. The van der Waals surface area contributed by atoms with Crippen LogP contribution in [0.25, 0.3) is 10.9 Å². The molecule has 0 unspecified atom stereocenters. The van der Waals surface area contributed by atoms with E-state index in [1.807, 2.05) is 11.6 Å². The van der Waals surface area contributed by atoms with Crippen molar-refractivity contribution in [3.63, 3.8) is 0 Å². The molecule has 3 heterocycles. The number of H-pyrrole nitrogens is 1. The van der Waals surface area contributed by atoms with Crippen LogP contribution in [0, 0.1) is 13.8 Å². The lowest BCUT2D eigenvalue weighted by molar-refractivity contribution is 0.234. The second-order valence-corrected chi connectivity index (χ2v) is 9.85. The summed E-state index contributed by atoms with van der Waals surface area (Å²) in [5, 5.41) is 15.8. The van der Waals surface area contributed by atoms with Gasteiger partial charge in [-0.2, -0.15) is 0 Å². The Balaban J connectivity index is 1.47. The highest BCUT2D eigenvalue weighted by atomic mass is 32.1. The summed E-state index contributed by atoms with van der Waals surface area (Å²) < 4.78 is 2.01. The smallest absolute Gasteiger partial charge is 0.252 e. The first-order valence-corrected chi connectivity index (χ1v) is 12.1. The molecule has 1 aliphatic carbocycles. The van der Waals surface area contributed by atoms with Crippen LogP contribution in [-0.2, 0) is 19.6 Å². The maximum Gasteiger partial charge on any atom is 0.252 e. The number of hydrogen-bond acceptors (Lipinski definition) is 6. The molecule has 8 heteroatoms. The Morgan fingerprint density at radius 3 is 2.72 bits per heavy atom. The van der Waals surface area contributed by atoms with Crippen LogP contribution in [0.1, 0.15) is 59.1 Å². The normalized spacial score (nSPS) is 14.7. The Kier molecular flexibility index (Phi) is 5.89. The number of tetrazole rings is 1. The summed E-state index contributed by atoms with van der Waals surface area (Å²) in [5.74, 6) is 0.873. The highest BCUT2D eigenvalue weighted by Gasteiger charge is 2.23. The number of aromatic amines is 1. The molecule has 166 valence electrons. The minimum atomic E-state index is -0.0298. The minimum Gasteiger partial charge on any atom is -0.321 e. The predicted octanol–water partition coefficient (Wildman–Crippen LogP) is 4.51. The Morgan fingerprint density at radius 2 is 1.94 bits per heavy atom. The first kappa shape index (κ1) is 21.0. The van der Waals surface area contributed by atoms with Gasteiger partial charge >= 0.3 is 0 Å². The molecule has 7 nitrogen and oxygen atoms in total. The van der Waals surface area contributed by atoms with Crippen molar-refractivity contribution in [1.82, 2.24) is 30.1 Å². The van der Waals surface area contributed by atoms with E-state index in [1.54, 1.807) is 11.3 Å². The molecular weight excluding hydrogens is 420 g/mol. The van der Waals surface area contributed by atoms with Crippen molar-refractivity contribution in [2.75, 3.05) is 0 Å². The summed E-state index contributed by atoms with van der Waals surface area (Å²) in [4.78, 5) is 19.6. The van der Waals surface area contributed by atoms with Gasteiger partial charge in [-0.3, -0.25) is 9.69 Å². The van der Waals surface area contributed by atoms with Crippen molar-refractivity contribution in [2.24, 2.45) is 0 Å². The summed E-state index contributed by atoms with van der Waals surface area (Å²) in [5.41, 5.74) is 3.91. The fourth-order valence-corrected chi connectivity index (χ4v) is 5.46. The topological polar surface area (TPSA) is 79.7 Å². The van der Waals surface area contributed by atoms with Crippen molar-refractivity contribution in [3.8, 4) is 0 Å². The summed E-state index contributed by atoms with van der Waals surface area (Å²) in [7, 11) is 0. The number of pyridine rings is 1. The van der Waals surface area contributed by atoms with Crippen LogP contribution < -0.4 is 5.56 Å². The lowest BCUT2D eigenvalue weighted by atomic mass is 10.0. The first-order chi connectivity index (χ1) is 15.6. The third-order valence-corrected chi connectivity index (χ3v) is 7.33. The molecule has 0 amide bonds. The van der Waals surface area contributed by atoms with Gasteiger partial charge in [0.05, 0.1) is 18.1 Å². The largest absolute Gasteiger partial charge is 0.321 e. The van der Waals surface area contributed by atoms with Crippen molar-refractivity contribution in [3.05, 3.63) is 73.5 Å². The van der Waals surface area contributed by atoms with Crippen LogP contribution in [0.3, 0.4) is 0 Å². The number of nitrogens with one attached hydrogen (secondary N) is 1. The lowest BCUT2D eigenvalue weighted by Crippen LogP contribution is -2.28. The van der Waals surface area contributed by atoms with E-state index in [0.29, 0.717) is 19.1 Å². The molecule has 0 atom stereocenters. The van der Waals surface area contributed by atoms with E-state index in [0.717, 1.165) is 52.8 Å². The molecule has 3 aromatic heterocycles. The van der Waals surface area contributed by atoms with Crippen LogP contribution in [0.2, 0.25) is 0 Å². The third-order valence-electron chi connectivity index (χ3n) is 6.47. The van der Waals surface area contributed by atoms with Gasteiger partial charge in [0.15, 0.2) is 5.82 Å². The molecule has 0 radical (unpaired) electrons. The lowest BCUT2D eigenvalue weighted by Gasteiger charge is -2.22. The quantitative estimate of drug-likeness (QED) is 0.450. The van der Waals surface area contributed by atoms with Crippen molar-refractivity contribution >= 4 is 22.2 Å². The Bertz CT molecular complexity index is 1270. The molecule has 32 heavy (non-hydrogen) atoms. The molecule has 0 bridgehead atoms. The van der Waals surface area contributed by atoms with Gasteiger partial charge in [0, 0.05) is 28.9 Å². The number of fused-ring (bicyclic) bond motifs is 1. The molecule has 4 aromatic rings. The molecule has 1 N–H and O–H groups in total. The molecule has 0 aliphatic heterocycles. The SMILES string of the molecule is Cc1ccc(C)c2[nH]c(=O)c(CN(Cc3cccs3)Cc3nnnn3C3CCCC3)cc12. The van der Waals surface area contributed by atoms with Gasteiger partial charge in [0.1, 0.15) is 0 Å². The van der Waals surface area contributed by atoms with Crippen molar-refractivity contribution in [2.45, 2.75) is 65.2 Å². The standard InChI is InChI=1S/C24H28N6OS/c1-16-9-10-17(2)23-21(16)12-18(24(31)25-23)13-29(14-20-8-5-11-32-20)15-22-26-27-28-30(22)19-6-3-4-7-19/h5,8-12,19H,3-4,6-7,13-15H2,1-2H3,(H,25,31). The minimum absolute atomic E-state index is 0.0298. The van der Waals surface area contributed by atoms with Crippen LogP contribution in [0.4, 0.5) is 0 Å². The zero-order chi connectivity index (χ0) is 22.1. The molecular formula is C24H28N6OS. The van der Waals surface area contributed by atoms with E-state index < -0.39 is 0 Å². The molecule has 0 spiro atoms. The summed E-state index contributed by atoms with van der Waals surface area (Å²) >= 11 is 1.73. The van der Waals surface area contributed by atoms with Crippen LogP contribution in [-0.4, -0.2) is 30.1 Å². The zero-order valence-corrected chi connectivity index (χ0v) is 19.4. The molecule has 1 saturated carbocycles. The maximum atomic E-state index is 13.0. The summed E-state index contributed by atoms with van der Waals surface area (Å²) in [6.45, 7) is 6.01. The molecule has 0 saturated heterocycles. The van der Waals surface area contributed by atoms with Gasteiger partial charge in [-0.15, -0.1) is 16.4 Å². The molecule has 5 rings (SSSR count). The van der Waals surface area contributed by atoms with E-state index >= 15 is 0 Å². The first-order valence-electron chi connectivity index (χ1n) is 11.2. The summed E-state index contributed by atoms with van der Waals surface area (Å²) in [6.07, 6.45) is 4.72. The molecule has 1 fully saturated rings. The average Bonchev–Trinajstić information content (AvgIpc) is 3.54. The van der Waals surface area contributed by atoms with Crippen LogP contribution >= 0.6 is 11.3 Å². The van der Waals surface area contributed by atoms with E-state index in [4.69, 9.17) is 0 Å². The third kappa shape index (κ3) is 4.25. The van der Waals surface area contributed by atoms with Gasteiger partial charge in [0.2, 0.25) is 0 Å². The van der Waals surface area contributed by atoms with Gasteiger partial charge in [-0.05, 0) is 65.8 Å². The highest BCUT2D eigenvalue weighted by molar-refractivity contribution is 7.09. The number of thiophene rings is 1. The highest BCUT2D eigenvalue weighted by Crippen LogP contribution is 2.29. The Labute approximate surface area is 191 Å². The Morgan fingerprint density at radius 1 is 1.12 bits per heavy atom. The number of benzene rings is 1. The number of aromatic nitrogens is 5. The monoisotopic (exact) mass is 448 g/mol. The van der Waals surface area contributed by atoms with E-state index in [2.05, 4.69) is 68.0 Å². The maximum absolute atomic E-state index is 13.0. The molecule has 1 aliphatic rings. The van der Waals surface area contributed by atoms with Gasteiger partial charge in [-0.1, -0.05) is 31.0 Å². The molecule has 1 aromatic carbocycles. The fourth-order valence-electron chi connectivity index (χ4n) is 4.72. The second kappa shape index (κ2) is 8.96. The second-order valence-electron chi connectivity index (χ2n) is 8.81. The predicted molar refractivity (Wildman–Crippen MR) is 127 cm³/mol. The van der Waals surface area contributed by atoms with Gasteiger partial charge < -0.3 is 4.98 Å². The van der Waals surface area contributed by atoms with E-state index in [-0.39, 0.29) is 5.56 Å². The average molecular weight is 449 g/mol. The number of hydrogen-bond donors (Lipinski definition) is 1. The number of rotatable bonds is 7. The van der Waals surface area contributed by atoms with Gasteiger partial charge in [-0.25, -0.2) is 4.68 Å². The fraction of sp³-hybridized carbons (Fsp3) is 0.417. The van der Waals surface area contributed by atoms with Crippen LogP contribution in [0.15, 0.2) is 40.5 Å². The van der Waals surface area contributed by atoms with E-state index in [9.17, 15) is 4.79 Å². The number of aryl methyl sites for hydroxylation is 2. The van der Waals surface area contributed by atoms with Gasteiger partial charge in [0.25, 0.3) is 5.56 Å². The van der Waals surface area contributed by atoms with Crippen molar-refractivity contribution in [1.29, 1.82) is 0 Å². The zero-order valence-electron chi connectivity index (χ0n) is 18.5. The van der Waals surface area contributed by atoms with E-state index in [1.165, 1.54) is 17.7 Å².